The first-order valence-corrected chi connectivity index (χ1v) is 5.76. The highest BCUT2D eigenvalue weighted by Gasteiger charge is 2.16. The summed E-state index contributed by atoms with van der Waals surface area (Å²) in [5.41, 5.74) is 6.54. The van der Waals surface area contributed by atoms with Gasteiger partial charge in [0.2, 0.25) is 0 Å². The minimum absolute atomic E-state index is 0. The normalized spacial score (nSPS) is 13.1. The van der Waals surface area contributed by atoms with Gasteiger partial charge in [-0.25, -0.2) is 0 Å². The maximum absolute atomic E-state index is 11.7. The van der Waals surface area contributed by atoms with Crippen LogP contribution in [0.15, 0.2) is 24.3 Å². The summed E-state index contributed by atoms with van der Waals surface area (Å²) in [6.07, 6.45) is -0.522. The molecule has 1 rings (SSSR count). The zero-order valence-corrected chi connectivity index (χ0v) is 11.8. The van der Waals surface area contributed by atoms with Crippen LogP contribution in [0.1, 0.15) is 19.4 Å². The van der Waals surface area contributed by atoms with Crippen LogP contribution < -0.4 is 15.8 Å². The smallest absolute Gasteiger partial charge is 0.261 e. The molecule has 1 amide bonds. The number of rotatable bonds is 5. The molecule has 0 aliphatic rings. The number of hydrogen-bond acceptors (Lipinski definition) is 3. The average Bonchev–Trinajstić information content (AvgIpc) is 2.28. The molecule has 0 fully saturated rings. The van der Waals surface area contributed by atoms with E-state index in [2.05, 4.69) is 5.32 Å². The summed E-state index contributed by atoms with van der Waals surface area (Å²) in [6.45, 7) is 5.98. The van der Waals surface area contributed by atoms with Crippen molar-refractivity contribution in [1.29, 1.82) is 0 Å². The van der Waals surface area contributed by atoms with E-state index in [0.717, 1.165) is 5.56 Å². The van der Waals surface area contributed by atoms with Crippen LogP contribution in [0.4, 0.5) is 0 Å². The molecule has 0 saturated carbocycles. The van der Waals surface area contributed by atoms with Gasteiger partial charge in [-0.3, -0.25) is 4.79 Å². The van der Waals surface area contributed by atoms with Crippen molar-refractivity contribution in [3.8, 4) is 5.75 Å². The summed E-state index contributed by atoms with van der Waals surface area (Å²) in [7, 11) is 0. The molecule has 18 heavy (non-hydrogen) atoms. The van der Waals surface area contributed by atoms with Gasteiger partial charge in [0.05, 0.1) is 0 Å². The monoisotopic (exact) mass is 272 g/mol. The van der Waals surface area contributed by atoms with Crippen LogP contribution in [0.5, 0.6) is 5.75 Å². The van der Waals surface area contributed by atoms with Gasteiger partial charge in [-0.1, -0.05) is 12.1 Å². The molecule has 0 radical (unpaired) electrons. The van der Waals surface area contributed by atoms with Crippen LogP contribution in [-0.2, 0) is 4.79 Å². The van der Waals surface area contributed by atoms with Crippen molar-refractivity contribution < 1.29 is 9.53 Å². The molecule has 1 aromatic rings. The predicted octanol–water partition coefficient (Wildman–Crippen LogP) is 1.65. The van der Waals surface area contributed by atoms with Crippen LogP contribution in [-0.4, -0.2) is 24.6 Å². The Hall–Kier alpha value is -1.26. The third-order valence-corrected chi connectivity index (χ3v) is 2.41. The highest BCUT2D eigenvalue weighted by molar-refractivity contribution is 5.85. The first-order chi connectivity index (χ1) is 8.02. The largest absolute Gasteiger partial charge is 0.481 e. The summed E-state index contributed by atoms with van der Waals surface area (Å²) in [5.74, 6) is 0.553. The average molecular weight is 273 g/mol. The van der Waals surface area contributed by atoms with Crippen molar-refractivity contribution in [2.75, 3.05) is 6.54 Å². The van der Waals surface area contributed by atoms with E-state index < -0.39 is 6.10 Å². The maximum Gasteiger partial charge on any atom is 0.261 e. The number of aryl methyl sites for hydroxylation is 1. The molecular weight excluding hydrogens is 252 g/mol. The lowest BCUT2D eigenvalue weighted by molar-refractivity contribution is -0.127. The first-order valence-electron chi connectivity index (χ1n) is 5.76. The van der Waals surface area contributed by atoms with E-state index in [4.69, 9.17) is 10.5 Å². The summed E-state index contributed by atoms with van der Waals surface area (Å²) >= 11 is 0. The van der Waals surface area contributed by atoms with Crippen molar-refractivity contribution in [2.45, 2.75) is 32.9 Å². The molecule has 0 aliphatic carbocycles. The van der Waals surface area contributed by atoms with Crippen molar-refractivity contribution in [3.63, 3.8) is 0 Å². The molecule has 0 spiro atoms. The van der Waals surface area contributed by atoms with Crippen molar-refractivity contribution in [2.24, 2.45) is 5.73 Å². The second-order valence-corrected chi connectivity index (χ2v) is 4.22. The molecule has 0 heterocycles. The van der Waals surface area contributed by atoms with E-state index in [-0.39, 0.29) is 24.4 Å². The zero-order valence-electron chi connectivity index (χ0n) is 11.0. The summed E-state index contributed by atoms with van der Waals surface area (Å²) in [5, 5.41) is 2.78. The molecule has 1 aromatic carbocycles. The third kappa shape index (κ3) is 5.38. The molecule has 5 heteroatoms. The maximum atomic E-state index is 11.7. The Labute approximate surface area is 114 Å². The second kappa shape index (κ2) is 7.95. The van der Waals surface area contributed by atoms with Crippen molar-refractivity contribution in [3.05, 3.63) is 29.8 Å². The number of amides is 1. The zero-order chi connectivity index (χ0) is 12.8. The number of nitrogens with one attached hydrogen (secondary N) is 1. The highest BCUT2D eigenvalue weighted by atomic mass is 35.5. The number of nitrogens with two attached hydrogens (primary N) is 1. The summed E-state index contributed by atoms with van der Waals surface area (Å²) in [4.78, 5) is 11.7. The van der Waals surface area contributed by atoms with Crippen LogP contribution >= 0.6 is 12.4 Å². The van der Waals surface area contributed by atoms with Crippen molar-refractivity contribution >= 4 is 18.3 Å². The Morgan fingerprint density at radius 3 is 2.67 bits per heavy atom. The Kier molecular flexibility index (Phi) is 7.39. The number of carbonyl (C=O) groups is 1. The van der Waals surface area contributed by atoms with E-state index in [1.54, 1.807) is 6.92 Å². The van der Waals surface area contributed by atoms with Gasteiger partial charge in [-0.2, -0.15) is 0 Å². The number of ether oxygens (including phenoxy) is 1. The third-order valence-electron chi connectivity index (χ3n) is 2.41. The van der Waals surface area contributed by atoms with Crippen LogP contribution in [0, 0.1) is 6.92 Å². The van der Waals surface area contributed by atoms with E-state index >= 15 is 0 Å². The fourth-order valence-electron chi connectivity index (χ4n) is 1.37. The molecule has 2 atom stereocenters. The topological polar surface area (TPSA) is 64.3 Å². The molecular formula is C13H21ClN2O2. The van der Waals surface area contributed by atoms with E-state index in [1.807, 2.05) is 38.1 Å². The molecule has 3 N–H and O–H groups in total. The number of benzene rings is 1. The van der Waals surface area contributed by atoms with E-state index in [0.29, 0.717) is 12.3 Å². The highest BCUT2D eigenvalue weighted by Crippen LogP contribution is 2.14. The SMILES string of the molecule is Cc1cccc(OC(C)C(=O)N[C@@H](C)CN)c1.Cl. The van der Waals surface area contributed by atoms with E-state index in [9.17, 15) is 4.79 Å². The Balaban J connectivity index is 0.00000289. The predicted molar refractivity (Wildman–Crippen MR) is 75.2 cm³/mol. The number of carbonyl (C=O) groups excluding carboxylic acids is 1. The van der Waals surface area contributed by atoms with Gasteiger partial charge in [-0.15, -0.1) is 12.4 Å². The van der Waals surface area contributed by atoms with Gasteiger partial charge < -0.3 is 15.8 Å². The van der Waals surface area contributed by atoms with Gasteiger partial charge >= 0.3 is 0 Å². The summed E-state index contributed by atoms with van der Waals surface area (Å²) in [6, 6.07) is 7.58. The minimum atomic E-state index is -0.522. The lowest BCUT2D eigenvalue weighted by atomic mass is 10.2. The number of hydrogen-bond donors (Lipinski definition) is 2. The Bertz CT molecular complexity index is 385. The molecule has 4 nitrogen and oxygen atoms in total. The van der Waals surface area contributed by atoms with Crippen molar-refractivity contribution in [1.82, 2.24) is 5.32 Å². The molecule has 1 unspecified atom stereocenters. The Morgan fingerprint density at radius 2 is 2.11 bits per heavy atom. The molecule has 0 aromatic heterocycles. The lowest BCUT2D eigenvalue weighted by Gasteiger charge is -2.17. The standard InChI is InChI=1S/C13H20N2O2.ClH/c1-9-5-4-6-12(7-9)17-11(3)13(16)15-10(2)8-14;/h4-7,10-11H,8,14H2,1-3H3,(H,15,16);1H/t10-,11?;/m0./s1. The fourth-order valence-corrected chi connectivity index (χ4v) is 1.37. The van der Waals surface area contributed by atoms with Crippen LogP contribution in [0.25, 0.3) is 0 Å². The molecule has 0 aliphatic heterocycles. The summed E-state index contributed by atoms with van der Waals surface area (Å²) < 4.78 is 5.55. The van der Waals surface area contributed by atoms with Gasteiger partial charge in [-0.05, 0) is 38.5 Å². The fraction of sp³-hybridized carbons (Fsp3) is 0.462. The molecule has 102 valence electrons. The quantitative estimate of drug-likeness (QED) is 0.857. The van der Waals surface area contributed by atoms with Crippen LogP contribution in [0.2, 0.25) is 0 Å². The van der Waals surface area contributed by atoms with E-state index in [1.165, 1.54) is 0 Å². The van der Waals surface area contributed by atoms with Gasteiger partial charge in [0.15, 0.2) is 6.10 Å². The number of halogens is 1. The van der Waals surface area contributed by atoms with Crippen LogP contribution in [0.3, 0.4) is 0 Å². The minimum Gasteiger partial charge on any atom is -0.481 e. The first kappa shape index (κ1) is 16.7. The second-order valence-electron chi connectivity index (χ2n) is 4.22. The van der Waals surface area contributed by atoms with Gasteiger partial charge in [0.1, 0.15) is 5.75 Å². The van der Waals surface area contributed by atoms with Gasteiger partial charge in [0.25, 0.3) is 5.91 Å². The molecule has 0 bridgehead atoms. The van der Waals surface area contributed by atoms with Gasteiger partial charge in [0, 0.05) is 12.6 Å². The lowest BCUT2D eigenvalue weighted by Crippen LogP contribution is -2.44. The Morgan fingerprint density at radius 1 is 1.44 bits per heavy atom. The molecule has 0 saturated heterocycles.